The van der Waals surface area contributed by atoms with Gasteiger partial charge in [0.2, 0.25) is 0 Å². The van der Waals surface area contributed by atoms with Gasteiger partial charge in [0, 0.05) is 27.3 Å². The van der Waals surface area contributed by atoms with Gasteiger partial charge in [0.25, 0.3) is 0 Å². The molecule has 0 amide bonds. The Hall–Kier alpha value is -1.49. The molecule has 23 heavy (non-hydrogen) atoms. The van der Waals surface area contributed by atoms with Crippen molar-refractivity contribution in [3.63, 3.8) is 0 Å². The Morgan fingerprint density at radius 1 is 1.52 bits per heavy atom. The minimum atomic E-state index is -1.63. The Balaban J connectivity index is 0.00000192. The first-order valence-electron chi connectivity index (χ1n) is 6.66. The molecule has 2 aromatic heterocycles. The number of anilines is 1. The SMILES string of the molecule is C#Cc1cn([C@@H]2OC(CO)C(O)[C@@]2(C)O)c2ncnc(N)c12.[W]. The molecule has 2 unspecified atom stereocenters. The van der Waals surface area contributed by atoms with E-state index in [-0.39, 0.29) is 26.9 Å². The zero-order chi connectivity index (χ0) is 16.1. The summed E-state index contributed by atoms with van der Waals surface area (Å²) in [4.78, 5) is 8.04. The third-order valence-corrected chi connectivity index (χ3v) is 3.98. The maximum Gasteiger partial charge on any atom is 0.167 e. The summed E-state index contributed by atoms with van der Waals surface area (Å²) in [5, 5.41) is 30.4. The zero-order valence-corrected chi connectivity index (χ0v) is 15.2. The monoisotopic (exact) mass is 488 g/mol. The molecule has 0 aliphatic carbocycles. The van der Waals surface area contributed by atoms with Crippen molar-refractivity contribution in [2.24, 2.45) is 0 Å². The molecule has 4 atom stereocenters. The van der Waals surface area contributed by atoms with Crippen molar-refractivity contribution in [1.82, 2.24) is 14.5 Å². The van der Waals surface area contributed by atoms with E-state index >= 15 is 0 Å². The molecule has 122 valence electrons. The van der Waals surface area contributed by atoms with Gasteiger partial charge in [-0.1, -0.05) is 5.92 Å². The van der Waals surface area contributed by atoms with E-state index in [0.29, 0.717) is 16.6 Å². The van der Waals surface area contributed by atoms with Crippen LogP contribution in [0, 0.1) is 12.3 Å². The number of aromatic nitrogens is 3. The van der Waals surface area contributed by atoms with Crippen LogP contribution in [0.25, 0.3) is 11.0 Å². The predicted octanol–water partition coefficient (Wildman–Crippen LogP) is -1.01. The molecule has 1 aliphatic rings. The molecule has 0 radical (unpaired) electrons. The molecule has 5 N–H and O–H groups in total. The fourth-order valence-electron chi connectivity index (χ4n) is 2.79. The van der Waals surface area contributed by atoms with Crippen LogP contribution >= 0.6 is 0 Å². The van der Waals surface area contributed by atoms with Gasteiger partial charge in [0.05, 0.1) is 17.6 Å². The number of rotatable bonds is 2. The van der Waals surface area contributed by atoms with Crippen molar-refractivity contribution in [3.8, 4) is 12.3 Å². The minimum Gasteiger partial charge on any atom is -0.394 e. The van der Waals surface area contributed by atoms with Gasteiger partial charge in [-0.05, 0) is 6.92 Å². The summed E-state index contributed by atoms with van der Waals surface area (Å²) < 4.78 is 7.07. The van der Waals surface area contributed by atoms with Crippen LogP contribution in [0.2, 0.25) is 0 Å². The fourth-order valence-corrected chi connectivity index (χ4v) is 2.79. The van der Waals surface area contributed by atoms with Gasteiger partial charge in [-0.2, -0.15) is 0 Å². The summed E-state index contributed by atoms with van der Waals surface area (Å²) >= 11 is 0. The van der Waals surface area contributed by atoms with Crippen LogP contribution in [-0.2, 0) is 25.8 Å². The molecule has 0 saturated carbocycles. The van der Waals surface area contributed by atoms with Crippen molar-refractivity contribution >= 4 is 16.9 Å². The molecule has 9 heteroatoms. The summed E-state index contributed by atoms with van der Waals surface area (Å²) in [7, 11) is 0. The van der Waals surface area contributed by atoms with Crippen molar-refractivity contribution in [1.29, 1.82) is 0 Å². The molecular formula is C14H16N4O4W. The Kier molecular flexibility index (Phi) is 4.81. The standard InChI is InChI=1S/C14H16N4O4.W/c1-3-7-4-18(12-9(7)11(15)16-6-17-12)13-14(2,21)10(20)8(5-19)22-13;/h1,4,6,8,10,13,19-21H,5H2,2H3,(H2,15,16,17);/t8?,10?,13-,14-;/m1./s1. The molecule has 1 fully saturated rings. The number of hydrogen-bond donors (Lipinski definition) is 4. The van der Waals surface area contributed by atoms with Gasteiger partial charge < -0.3 is 30.4 Å². The number of fused-ring (bicyclic) bond motifs is 1. The Labute approximate surface area is 146 Å². The van der Waals surface area contributed by atoms with Gasteiger partial charge in [-0.3, -0.25) is 0 Å². The molecule has 3 rings (SSSR count). The third-order valence-electron chi connectivity index (χ3n) is 3.98. The topological polar surface area (TPSA) is 127 Å². The molecule has 0 spiro atoms. The maximum absolute atomic E-state index is 10.6. The smallest absolute Gasteiger partial charge is 0.167 e. The second-order valence-electron chi connectivity index (χ2n) is 5.43. The summed E-state index contributed by atoms with van der Waals surface area (Å²) in [5.74, 6) is 2.70. The number of terminal acetylenes is 1. The summed E-state index contributed by atoms with van der Waals surface area (Å²) in [6.07, 6.45) is 5.17. The first-order chi connectivity index (χ1) is 10.4. The number of nitrogen functional groups attached to an aromatic ring is 1. The van der Waals surface area contributed by atoms with Crippen LogP contribution in [0.5, 0.6) is 0 Å². The van der Waals surface area contributed by atoms with Crippen molar-refractivity contribution in [2.45, 2.75) is 31.0 Å². The van der Waals surface area contributed by atoms with Crippen LogP contribution in [0.15, 0.2) is 12.5 Å². The van der Waals surface area contributed by atoms with Gasteiger partial charge in [-0.25, -0.2) is 9.97 Å². The molecule has 1 aliphatic heterocycles. The Morgan fingerprint density at radius 3 is 2.78 bits per heavy atom. The van der Waals surface area contributed by atoms with Gasteiger partial charge in [0.1, 0.15) is 35.6 Å². The Bertz CT molecular complexity index is 770. The maximum atomic E-state index is 10.6. The number of aliphatic hydroxyl groups is 3. The van der Waals surface area contributed by atoms with E-state index in [1.807, 2.05) is 0 Å². The summed E-state index contributed by atoms with van der Waals surface area (Å²) in [5.41, 5.74) is 5.05. The molecule has 0 bridgehead atoms. The van der Waals surface area contributed by atoms with Gasteiger partial charge in [0.15, 0.2) is 6.23 Å². The van der Waals surface area contributed by atoms with Crippen LogP contribution in [-0.4, -0.2) is 54.3 Å². The number of aliphatic hydroxyl groups excluding tert-OH is 2. The number of nitrogens with two attached hydrogens (primary N) is 1. The normalized spacial score (nSPS) is 30.1. The van der Waals surface area contributed by atoms with E-state index in [1.54, 1.807) is 6.20 Å². The molecule has 0 aromatic carbocycles. The van der Waals surface area contributed by atoms with E-state index in [1.165, 1.54) is 17.8 Å². The average molecular weight is 488 g/mol. The molecule has 3 heterocycles. The quantitative estimate of drug-likeness (QED) is 0.400. The van der Waals surface area contributed by atoms with Crippen molar-refractivity contribution in [3.05, 3.63) is 18.1 Å². The average Bonchev–Trinajstić information content (AvgIpc) is 2.97. The summed E-state index contributed by atoms with van der Waals surface area (Å²) in [6, 6.07) is 0. The number of nitrogens with zero attached hydrogens (tertiary/aromatic N) is 3. The second kappa shape index (κ2) is 6.19. The predicted molar refractivity (Wildman–Crippen MR) is 77.5 cm³/mol. The molecule has 1 saturated heterocycles. The first-order valence-corrected chi connectivity index (χ1v) is 6.66. The van der Waals surface area contributed by atoms with Crippen molar-refractivity contribution < 1.29 is 41.1 Å². The van der Waals surface area contributed by atoms with Gasteiger partial charge in [-0.15, -0.1) is 6.42 Å². The van der Waals surface area contributed by atoms with Crippen molar-refractivity contribution in [2.75, 3.05) is 12.3 Å². The van der Waals surface area contributed by atoms with Crippen LogP contribution in [0.3, 0.4) is 0 Å². The van der Waals surface area contributed by atoms with E-state index in [2.05, 4.69) is 15.9 Å². The van der Waals surface area contributed by atoms with Crippen LogP contribution in [0.4, 0.5) is 5.82 Å². The van der Waals surface area contributed by atoms with Gasteiger partial charge >= 0.3 is 0 Å². The largest absolute Gasteiger partial charge is 0.394 e. The summed E-state index contributed by atoms with van der Waals surface area (Å²) in [6.45, 7) is 0.996. The van der Waals surface area contributed by atoms with E-state index < -0.39 is 30.6 Å². The van der Waals surface area contributed by atoms with E-state index in [4.69, 9.17) is 16.9 Å². The van der Waals surface area contributed by atoms with Crippen LogP contribution < -0.4 is 5.73 Å². The second-order valence-corrected chi connectivity index (χ2v) is 5.43. The van der Waals surface area contributed by atoms with Crippen LogP contribution in [0.1, 0.15) is 18.7 Å². The molecular weight excluding hydrogens is 472 g/mol. The fraction of sp³-hybridized carbons (Fsp3) is 0.429. The van der Waals surface area contributed by atoms with E-state index in [9.17, 15) is 15.3 Å². The minimum absolute atomic E-state index is 0. The number of ether oxygens (including phenoxy) is 1. The molecule has 8 nitrogen and oxygen atoms in total. The van der Waals surface area contributed by atoms with E-state index in [0.717, 1.165) is 0 Å². The molecule has 2 aromatic rings. The zero-order valence-electron chi connectivity index (χ0n) is 12.2. The first kappa shape index (κ1) is 17.9. The number of hydrogen-bond acceptors (Lipinski definition) is 7. The third kappa shape index (κ3) is 2.55. The Morgan fingerprint density at radius 2 is 2.22 bits per heavy atom.